The van der Waals surface area contributed by atoms with Gasteiger partial charge in [0.25, 0.3) is 0 Å². The Balaban J connectivity index is 0. The number of hydrogen-bond donors (Lipinski definition) is 0. The molecule has 6 heteroatoms. The van der Waals surface area contributed by atoms with Crippen LogP contribution in [0.5, 0.6) is 0 Å². The second-order valence-electron chi connectivity index (χ2n) is 9.26. The molecule has 1 aliphatic rings. The second-order valence-corrected chi connectivity index (χ2v) is 9.26. The molecule has 2 nitrogen and oxygen atoms in total. The molecule has 0 radical (unpaired) electrons. The molecule has 1 aromatic carbocycles. The standard InChI is InChI=1S/C18H16F3N2.C7H16.C4H10.CH3.U/c1-12-8-10-23(2)17(16-11-22-9-7-15(12)16)13-3-5-14(6-4-13)18(19,20)21;1-4-5-6-7(2)3;1-3-4-2;;/h3,5-9,11,17H,10H2,1-2H3;7H,4-6H2,1-3H3;3-4H2,1-2H3;1H3;/q-1;;;-1;+2. The number of pyridine rings is 1. The molecule has 1 aromatic heterocycles. The quantitative estimate of drug-likeness (QED) is 0.286. The first-order valence-electron chi connectivity index (χ1n) is 12.5. The Bertz CT molecular complexity index is 859. The van der Waals surface area contributed by atoms with Gasteiger partial charge < -0.3 is 7.43 Å². The van der Waals surface area contributed by atoms with Crippen molar-refractivity contribution in [2.24, 2.45) is 5.92 Å². The fourth-order valence-corrected chi connectivity index (χ4v) is 3.52. The van der Waals surface area contributed by atoms with Crippen molar-refractivity contribution in [1.82, 2.24) is 9.88 Å². The summed E-state index contributed by atoms with van der Waals surface area (Å²) in [6.45, 7) is 13.9. The predicted octanol–water partition coefficient (Wildman–Crippen LogP) is 9.43. The minimum atomic E-state index is -4.35. The van der Waals surface area contributed by atoms with Gasteiger partial charge in [-0.15, -0.1) is 5.56 Å². The van der Waals surface area contributed by atoms with Crippen molar-refractivity contribution in [1.29, 1.82) is 0 Å². The van der Waals surface area contributed by atoms with Crippen LogP contribution >= 0.6 is 0 Å². The van der Waals surface area contributed by atoms with E-state index in [2.05, 4.69) is 56.6 Å². The van der Waals surface area contributed by atoms with Crippen molar-refractivity contribution in [3.63, 3.8) is 0 Å². The number of alkyl halides is 3. The van der Waals surface area contributed by atoms with Gasteiger partial charge in [0.05, 0.1) is 0 Å². The van der Waals surface area contributed by atoms with Crippen molar-refractivity contribution < 1.29 is 44.3 Å². The van der Waals surface area contributed by atoms with E-state index in [4.69, 9.17) is 0 Å². The summed E-state index contributed by atoms with van der Waals surface area (Å²) in [5.74, 6) is 0.903. The number of unbranched alkanes of at least 4 members (excludes halogenated alkanes) is 2. The number of rotatable bonds is 5. The van der Waals surface area contributed by atoms with Gasteiger partial charge in [-0.05, 0) is 42.7 Å². The van der Waals surface area contributed by atoms with Gasteiger partial charge in [0.2, 0.25) is 0 Å². The Labute approximate surface area is 242 Å². The van der Waals surface area contributed by atoms with Crippen LogP contribution in [-0.2, 0) is 6.18 Å². The monoisotopic (exact) mass is 728 g/mol. The minimum Gasteiger partial charge on any atom is -0.358 e. The Kier molecular flexibility index (Phi) is 19.6. The summed E-state index contributed by atoms with van der Waals surface area (Å²) in [6, 6.07) is 8.22. The zero-order valence-electron chi connectivity index (χ0n) is 23.5. The van der Waals surface area contributed by atoms with Crippen LogP contribution in [0.2, 0.25) is 0 Å². The Morgan fingerprint density at radius 3 is 2.17 bits per heavy atom. The Morgan fingerprint density at radius 1 is 1.08 bits per heavy atom. The van der Waals surface area contributed by atoms with Gasteiger partial charge in [-0.2, -0.15) is 37.4 Å². The number of allylic oxidation sites excluding steroid dienone is 1. The first-order valence-corrected chi connectivity index (χ1v) is 12.5. The van der Waals surface area contributed by atoms with Gasteiger partial charge >= 0.3 is 37.3 Å². The van der Waals surface area contributed by atoms with E-state index in [1.807, 2.05) is 20.0 Å². The second kappa shape index (κ2) is 19.0. The topological polar surface area (TPSA) is 16.1 Å². The maximum absolute atomic E-state index is 12.7. The van der Waals surface area contributed by atoms with Gasteiger partial charge in [0, 0.05) is 25.0 Å². The van der Waals surface area contributed by atoms with Gasteiger partial charge in [-0.1, -0.05) is 78.4 Å². The van der Waals surface area contributed by atoms with Crippen LogP contribution in [0.1, 0.15) is 102 Å². The third-order valence-electron chi connectivity index (χ3n) is 5.79. The van der Waals surface area contributed by atoms with E-state index in [0.717, 1.165) is 34.8 Å². The van der Waals surface area contributed by atoms with Gasteiger partial charge in [0.15, 0.2) is 0 Å². The molecular weight excluding hydrogens is 683 g/mol. The van der Waals surface area contributed by atoms with E-state index >= 15 is 0 Å². The molecule has 1 aliphatic heterocycles. The van der Waals surface area contributed by atoms with Gasteiger partial charge in [-0.3, -0.25) is 9.88 Å². The first-order chi connectivity index (χ1) is 16.1. The molecule has 0 saturated heterocycles. The largest absolute Gasteiger partial charge is 2.00 e. The molecule has 3 rings (SSSR count). The maximum Gasteiger partial charge on any atom is 2.00 e. The molecule has 0 bridgehead atoms. The maximum atomic E-state index is 12.7. The van der Waals surface area contributed by atoms with Crippen LogP contribution in [0.3, 0.4) is 0 Å². The fourth-order valence-electron chi connectivity index (χ4n) is 3.52. The van der Waals surface area contributed by atoms with Crippen LogP contribution in [0, 0.1) is 50.5 Å². The average molecular weight is 729 g/mol. The summed E-state index contributed by atoms with van der Waals surface area (Å²) in [6.07, 6.45) is 8.07. The average Bonchev–Trinajstić information content (AvgIpc) is 2.94. The third-order valence-corrected chi connectivity index (χ3v) is 5.79. The summed E-state index contributed by atoms with van der Waals surface area (Å²) >= 11 is 0. The van der Waals surface area contributed by atoms with Gasteiger partial charge in [-0.25, -0.2) is 0 Å². The molecule has 0 saturated carbocycles. The summed E-state index contributed by atoms with van der Waals surface area (Å²) < 4.78 is 38.2. The smallest absolute Gasteiger partial charge is 0.358 e. The number of fused-ring (bicyclic) bond motifs is 1. The number of halogens is 3. The summed E-state index contributed by atoms with van der Waals surface area (Å²) in [5, 5.41) is 0. The molecule has 2 aromatic rings. The minimum absolute atomic E-state index is 0. The van der Waals surface area contributed by atoms with Crippen LogP contribution in [-0.4, -0.2) is 23.5 Å². The van der Waals surface area contributed by atoms with Crippen LogP contribution in [0.4, 0.5) is 13.2 Å². The van der Waals surface area contributed by atoms with Gasteiger partial charge in [0.1, 0.15) is 0 Å². The van der Waals surface area contributed by atoms with Crippen LogP contribution in [0.25, 0.3) is 5.57 Å². The van der Waals surface area contributed by atoms with E-state index in [0.29, 0.717) is 12.1 Å². The van der Waals surface area contributed by atoms with Crippen molar-refractivity contribution in [2.75, 3.05) is 13.6 Å². The van der Waals surface area contributed by atoms with E-state index in [-0.39, 0.29) is 44.6 Å². The van der Waals surface area contributed by atoms with Crippen molar-refractivity contribution in [2.45, 2.75) is 85.9 Å². The molecule has 0 aliphatic carbocycles. The zero-order chi connectivity index (χ0) is 25.7. The van der Waals surface area contributed by atoms with E-state index in [9.17, 15) is 13.2 Å². The first kappa shape index (κ1) is 37.1. The van der Waals surface area contributed by atoms with E-state index < -0.39 is 11.7 Å². The number of aromatic nitrogens is 1. The molecule has 1 unspecified atom stereocenters. The summed E-state index contributed by atoms with van der Waals surface area (Å²) in [7, 11) is 1.95. The van der Waals surface area contributed by atoms with Crippen molar-refractivity contribution >= 4 is 5.57 Å². The number of hydrogen-bond acceptors (Lipinski definition) is 2. The Morgan fingerprint density at radius 2 is 1.72 bits per heavy atom. The van der Waals surface area contributed by atoms with Crippen LogP contribution < -0.4 is 0 Å². The third kappa shape index (κ3) is 12.4. The summed E-state index contributed by atoms with van der Waals surface area (Å²) in [4.78, 5) is 6.27. The van der Waals surface area contributed by atoms with E-state index in [1.165, 1.54) is 38.2 Å². The van der Waals surface area contributed by atoms with E-state index in [1.54, 1.807) is 12.4 Å². The SMILES string of the molecule is CC1=CCN(C)C(c2[c-]cc(C(F)(F)F)cc2)c2cnccc21.CCCC.CCCCC(C)C.[CH3-].[U+2]. The zero-order valence-corrected chi connectivity index (χ0v) is 27.6. The molecule has 2 heterocycles. The fraction of sp³-hybridized carbons (Fsp3) is 0.533. The Hall–Kier alpha value is -1.09. The molecular formula is C30H45F3N2U. The van der Waals surface area contributed by atoms with Crippen molar-refractivity contribution in [3.05, 3.63) is 78.5 Å². The molecule has 0 N–H and O–H groups in total. The van der Waals surface area contributed by atoms with Crippen molar-refractivity contribution in [3.8, 4) is 0 Å². The molecule has 0 fully saturated rings. The predicted molar refractivity (Wildman–Crippen MR) is 144 cm³/mol. The number of likely N-dealkylation sites (N-methyl/N-ethyl adjacent to an activating group) is 1. The molecule has 36 heavy (non-hydrogen) atoms. The number of nitrogens with zero attached hydrogens (tertiary/aromatic N) is 2. The normalized spacial score (nSPS) is 15.0. The van der Waals surface area contributed by atoms with Crippen LogP contribution in [0.15, 0.2) is 42.7 Å². The molecule has 1 atom stereocenters. The number of benzene rings is 1. The molecule has 200 valence electrons. The summed E-state index contributed by atoms with van der Waals surface area (Å²) in [5.41, 5.74) is 3.22. The molecule has 0 spiro atoms. The molecule has 0 amide bonds.